The van der Waals surface area contributed by atoms with Crippen LogP contribution in [0.4, 0.5) is 13.2 Å². The van der Waals surface area contributed by atoms with Crippen LogP contribution in [0.1, 0.15) is 22.8 Å². The van der Waals surface area contributed by atoms with Crippen molar-refractivity contribution in [2.75, 3.05) is 13.2 Å². The minimum atomic E-state index is -4.55. The van der Waals surface area contributed by atoms with Crippen LogP contribution in [0.5, 0.6) is 0 Å². The molecule has 32 heavy (non-hydrogen) atoms. The van der Waals surface area contributed by atoms with Crippen molar-refractivity contribution in [1.82, 2.24) is 29.9 Å². The van der Waals surface area contributed by atoms with E-state index in [1.165, 1.54) is 0 Å². The molecule has 0 atom stereocenters. The van der Waals surface area contributed by atoms with Gasteiger partial charge in [0.1, 0.15) is 23.5 Å². The molecule has 0 aliphatic carbocycles. The zero-order valence-corrected chi connectivity index (χ0v) is 18.5. The molecule has 0 spiro atoms. The van der Waals surface area contributed by atoms with Crippen LogP contribution < -0.4 is 0 Å². The van der Waals surface area contributed by atoms with Crippen molar-refractivity contribution < 1.29 is 17.9 Å². The van der Waals surface area contributed by atoms with Gasteiger partial charge in [-0.15, -0.1) is 10.2 Å². The summed E-state index contributed by atoms with van der Waals surface area (Å²) in [6.07, 6.45) is -2.25. The standard InChI is InChI=1S/C21H18BrF3N6O/c1-31-11-26-28-17(31)7-20(9-32-10-20)13-4-2-3-12(5-13)18-14-6-16(21(23,24)25)27-15(8-22)19(14)30-29-18/h2-6,11H,7-10H2,1H3,(H,29,30). The van der Waals surface area contributed by atoms with Crippen molar-refractivity contribution in [3.05, 3.63) is 59.4 Å². The van der Waals surface area contributed by atoms with Crippen LogP contribution in [0.3, 0.4) is 0 Å². The zero-order valence-electron chi connectivity index (χ0n) is 16.9. The Morgan fingerprint density at radius 1 is 1.25 bits per heavy atom. The van der Waals surface area contributed by atoms with Crippen LogP contribution in [0.2, 0.25) is 0 Å². The number of hydrogen-bond donors (Lipinski definition) is 1. The highest BCUT2D eigenvalue weighted by Crippen LogP contribution is 2.39. The molecule has 1 saturated heterocycles. The molecular weight excluding hydrogens is 489 g/mol. The number of aromatic nitrogens is 6. The van der Waals surface area contributed by atoms with E-state index in [4.69, 9.17) is 4.74 Å². The lowest BCUT2D eigenvalue weighted by Gasteiger charge is -2.41. The second kappa shape index (κ2) is 7.66. The molecule has 0 bridgehead atoms. The van der Waals surface area contributed by atoms with E-state index in [0.717, 1.165) is 23.0 Å². The molecule has 1 aromatic carbocycles. The zero-order chi connectivity index (χ0) is 22.5. The molecule has 1 aliphatic heterocycles. The maximum absolute atomic E-state index is 13.4. The Labute approximate surface area is 189 Å². The van der Waals surface area contributed by atoms with E-state index in [1.54, 1.807) is 6.33 Å². The molecule has 0 saturated carbocycles. The monoisotopic (exact) mass is 506 g/mol. The lowest BCUT2D eigenvalue weighted by Crippen LogP contribution is -2.49. The van der Waals surface area contributed by atoms with Crippen LogP contribution in [0, 0.1) is 0 Å². The first kappa shape index (κ1) is 21.1. The van der Waals surface area contributed by atoms with Crippen molar-refractivity contribution in [2.24, 2.45) is 7.05 Å². The highest BCUT2D eigenvalue weighted by Gasteiger charge is 2.42. The molecule has 5 rings (SSSR count). The third-order valence-corrected chi connectivity index (χ3v) is 6.38. The van der Waals surface area contributed by atoms with Crippen LogP contribution >= 0.6 is 15.9 Å². The molecule has 0 radical (unpaired) electrons. The van der Waals surface area contributed by atoms with Gasteiger partial charge in [-0.1, -0.05) is 34.1 Å². The van der Waals surface area contributed by atoms with Gasteiger partial charge in [-0.05, 0) is 17.7 Å². The van der Waals surface area contributed by atoms with E-state index in [2.05, 4.69) is 41.3 Å². The summed E-state index contributed by atoms with van der Waals surface area (Å²) in [7, 11) is 1.89. The highest BCUT2D eigenvalue weighted by atomic mass is 79.9. The second-order valence-electron chi connectivity index (χ2n) is 7.97. The smallest absolute Gasteiger partial charge is 0.379 e. The summed E-state index contributed by atoms with van der Waals surface area (Å²) in [4.78, 5) is 3.75. The Kier molecular flexibility index (Phi) is 5.05. The molecule has 0 amide bonds. The summed E-state index contributed by atoms with van der Waals surface area (Å²) in [5.41, 5.74) is 1.72. The number of alkyl halides is 4. The lowest BCUT2D eigenvalue weighted by molar-refractivity contribution is -0.141. The van der Waals surface area contributed by atoms with Gasteiger partial charge >= 0.3 is 6.18 Å². The maximum atomic E-state index is 13.4. The van der Waals surface area contributed by atoms with Gasteiger partial charge in [0.05, 0.1) is 24.4 Å². The Hall–Kier alpha value is -2.79. The number of nitrogens with zero attached hydrogens (tertiary/aromatic N) is 5. The number of ether oxygens (including phenoxy) is 1. The van der Waals surface area contributed by atoms with E-state index >= 15 is 0 Å². The van der Waals surface area contributed by atoms with Crippen LogP contribution in [-0.4, -0.2) is 43.2 Å². The van der Waals surface area contributed by atoms with Crippen molar-refractivity contribution in [1.29, 1.82) is 0 Å². The Bertz CT molecular complexity index is 1290. The van der Waals surface area contributed by atoms with E-state index < -0.39 is 11.9 Å². The average Bonchev–Trinajstić information content (AvgIpc) is 3.35. The number of halogens is 4. The quantitative estimate of drug-likeness (QED) is 0.410. The van der Waals surface area contributed by atoms with E-state index in [0.29, 0.717) is 36.2 Å². The third-order valence-electron chi connectivity index (χ3n) is 5.85. The molecule has 1 aliphatic rings. The summed E-state index contributed by atoms with van der Waals surface area (Å²) in [6, 6.07) is 8.75. The normalized spacial score (nSPS) is 15.8. The predicted molar refractivity (Wildman–Crippen MR) is 114 cm³/mol. The number of aromatic amines is 1. The minimum Gasteiger partial charge on any atom is -0.379 e. The first-order valence-corrected chi connectivity index (χ1v) is 11.0. The fourth-order valence-corrected chi connectivity index (χ4v) is 4.43. The van der Waals surface area contributed by atoms with Gasteiger partial charge in [0.25, 0.3) is 0 Å². The fourth-order valence-electron chi connectivity index (χ4n) is 4.03. The minimum absolute atomic E-state index is 0.174. The molecule has 4 heterocycles. The average molecular weight is 507 g/mol. The molecular formula is C21H18BrF3N6O. The first-order chi connectivity index (χ1) is 15.3. The number of nitrogens with one attached hydrogen (secondary N) is 1. The number of hydrogen-bond acceptors (Lipinski definition) is 5. The van der Waals surface area contributed by atoms with Crippen molar-refractivity contribution >= 4 is 26.8 Å². The molecule has 11 heteroatoms. The predicted octanol–water partition coefficient (Wildman–Crippen LogP) is 4.18. The molecule has 3 aromatic heterocycles. The fraction of sp³-hybridized carbons (Fsp3) is 0.333. The summed E-state index contributed by atoms with van der Waals surface area (Å²) in [5.74, 6) is 0.840. The van der Waals surface area contributed by atoms with Crippen molar-refractivity contribution in [3.63, 3.8) is 0 Å². The van der Waals surface area contributed by atoms with E-state index in [9.17, 15) is 13.2 Å². The Morgan fingerprint density at radius 3 is 2.69 bits per heavy atom. The topological polar surface area (TPSA) is 81.5 Å². The van der Waals surface area contributed by atoms with E-state index in [1.807, 2.05) is 35.9 Å². The third kappa shape index (κ3) is 3.49. The second-order valence-corrected chi connectivity index (χ2v) is 8.53. The Balaban J connectivity index is 1.60. The number of benzene rings is 1. The molecule has 1 N–H and O–H groups in total. The molecule has 166 valence electrons. The van der Waals surface area contributed by atoms with E-state index in [-0.39, 0.29) is 16.4 Å². The van der Waals surface area contributed by atoms with Gasteiger partial charge < -0.3 is 9.30 Å². The molecule has 4 aromatic rings. The molecule has 1 fully saturated rings. The lowest BCUT2D eigenvalue weighted by atomic mass is 9.75. The number of H-pyrrole nitrogens is 1. The number of rotatable bonds is 5. The van der Waals surface area contributed by atoms with Crippen LogP contribution in [0.15, 0.2) is 36.7 Å². The van der Waals surface area contributed by atoms with Crippen molar-refractivity contribution in [3.8, 4) is 11.3 Å². The van der Waals surface area contributed by atoms with Crippen LogP contribution in [0.25, 0.3) is 22.2 Å². The maximum Gasteiger partial charge on any atom is 0.433 e. The first-order valence-electron chi connectivity index (χ1n) is 9.83. The van der Waals surface area contributed by atoms with Crippen molar-refractivity contribution in [2.45, 2.75) is 23.3 Å². The van der Waals surface area contributed by atoms with Gasteiger partial charge in [0, 0.05) is 35.2 Å². The number of pyridine rings is 1. The van der Waals surface area contributed by atoms with Gasteiger partial charge in [-0.3, -0.25) is 5.10 Å². The summed E-state index contributed by atoms with van der Waals surface area (Å²) in [6.45, 7) is 1.06. The number of fused-ring (bicyclic) bond motifs is 1. The van der Waals surface area contributed by atoms with Crippen LogP contribution in [-0.2, 0) is 35.1 Å². The molecule has 0 unspecified atom stereocenters. The largest absolute Gasteiger partial charge is 0.433 e. The van der Waals surface area contributed by atoms with Gasteiger partial charge in [0.2, 0.25) is 0 Å². The summed E-state index contributed by atoms with van der Waals surface area (Å²) >= 11 is 3.23. The number of aryl methyl sites for hydroxylation is 1. The van der Waals surface area contributed by atoms with Gasteiger partial charge in [-0.2, -0.15) is 18.3 Å². The van der Waals surface area contributed by atoms with Gasteiger partial charge in [0.15, 0.2) is 0 Å². The molecule has 7 nitrogen and oxygen atoms in total. The summed E-state index contributed by atoms with van der Waals surface area (Å²) < 4.78 is 47.7. The SMILES string of the molecule is Cn1cnnc1CC1(c2cccc(-c3n[nH]c4c(CBr)nc(C(F)(F)F)cc34)c2)COC1. The summed E-state index contributed by atoms with van der Waals surface area (Å²) in [5, 5.41) is 15.9. The Morgan fingerprint density at radius 2 is 2.06 bits per heavy atom. The highest BCUT2D eigenvalue weighted by molar-refractivity contribution is 9.08. The van der Waals surface area contributed by atoms with Gasteiger partial charge in [-0.25, -0.2) is 4.98 Å².